The zero-order valence-electron chi connectivity index (χ0n) is 19.7. The minimum absolute atomic E-state index is 0.147. The van der Waals surface area contributed by atoms with E-state index in [1.807, 2.05) is 56.3 Å². The van der Waals surface area contributed by atoms with E-state index in [0.29, 0.717) is 29.2 Å². The van der Waals surface area contributed by atoms with Gasteiger partial charge in [-0.15, -0.1) is 0 Å². The van der Waals surface area contributed by atoms with E-state index in [9.17, 15) is 9.59 Å². The second-order valence-electron chi connectivity index (χ2n) is 7.81. The van der Waals surface area contributed by atoms with Crippen molar-refractivity contribution in [1.29, 1.82) is 0 Å². The number of furan rings is 1. The van der Waals surface area contributed by atoms with Crippen molar-refractivity contribution in [1.82, 2.24) is 5.43 Å². The number of carbonyl (C=O) groups is 2. The summed E-state index contributed by atoms with van der Waals surface area (Å²) >= 11 is 6.41. The Hall–Kier alpha value is -4.30. The van der Waals surface area contributed by atoms with Crippen LogP contribution in [0.1, 0.15) is 28.6 Å². The molecule has 1 heterocycles. The fourth-order valence-electron chi connectivity index (χ4n) is 3.35. The van der Waals surface area contributed by atoms with E-state index in [0.717, 1.165) is 10.9 Å². The Labute approximate surface area is 212 Å². The third kappa shape index (κ3) is 6.22. The topological polar surface area (TPSA) is 102 Å². The van der Waals surface area contributed by atoms with Gasteiger partial charge in [0.25, 0.3) is 5.91 Å². The van der Waals surface area contributed by atoms with E-state index in [1.165, 1.54) is 6.21 Å². The van der Waals surface area contributed by atoms with Crippen molar-refractivity contribution in [3.63, 3.8) is 0 Å². The third-order valence-electron chi connectivity index (χ3n) is 5.04. The highest BCUT2D eigenvalue weighted by atomic mass is 35.5. The van der Waals surface area contributed by atoms with Gasteiger partial charge in [0.15, 0.2) is 23.9 Å². The van der Waals surface area contributed by atoms with Crippen LogP contribution in [0.5, 0.6) is 11.5 Å². The number of halogens is 1. The number of hydrazone groups is 1. The minimum Gasteiger partial charge on any atom is -0.490 e. The minimum atomic E-state index is -0.488. The standard InChI is InChI=1S/C27H24ClN3O5/c1-3-34-23-13-18(15-29-31-27(33)24-14-19-6-4-5-7-22(19)36-24)12-21(28)26(23)35-16-25(32)30-20-10-8-17(2)9-11-20/h4-15H,3,16H2,1-2H3,(H,30,32)(H,31,33)/b29-15+. The van der Waals surface area contributed by atoms with Gasteiger partial charge in [0, 0.05) is 11.1 Å². The predicted octanol–water partition coefficient (Wildman–Crippen LogP) is 5.57. The van der Waals surface area contributed by atoms with Crippen molar-refractivity contribution in [3.05, 3.63) is 88.6 Å². The number of anilines is 1. The highest BCUT2D eigenvalue weighted by molar-refractivity contribution is 6.32. The van der Waals surface area contributed by atoms with Crippen molar-refractivity contribution in [3.8, 4) is 11.5 Å². The van der Waals surface area contributed by atoms with Crippen molar-refractivity contribution in [2.45, 2.75) is 13.8 Å². The Morgan fingerprint density at radius 2 is 1.83 bits per heavy atom. The van der Waals surface area contributed by atoms with Gasteiger partial charge in [0.1, 0.15) is 5.58 Å². The van der Waals surface area contributed by atoms with Gasteiger partial charge in [-0.25, -0.2) is 5.43 Å². The molecule has 8 nitrogen and oxygen atoms in total. The molecule has 4 rings (SSSR count). The Morgan fingerprint density at radius 3 is 2.58 bits per heavy atom. The number of nitrogens with zero attached hydrogens (tertiary/aromatic N) is 1. The monoisotopic (exact) mass is 505 g/mol. The van der Waals surface area contributed by atoms with E-state index in [1.54, 1.807) is 24.3 Å². The molecule has 0 atom stereocenters. The van der Waals surface area contributed by atoms with E-state index >= 15 is 0 Å². The SMILES string of the molecule is CCOc1cc(/C=N/NC(=O)c2cc3ccccc3o2)cc(Cl)c1OCC(=O)Nc1ccc(C)cc1. The molecule has 0 aliphatic carbocycles. The summed E-state index contributed by atoms with van der Waals surface area (Å²) in [6.45, 7) is 3.88. The molecule has 184 valence electrons. The van der Waals surface area contributed by atoms with Crippen molar-refractivity contribution < 1.29 is 23.5 Å². The number of para-hydroxylation sites is 1. The number of carbonyl (C=O) groups excluding carboxylic acids is 2. The molecule has 0 fully saturated rings. The zero-order valence-corrected chi connectivity index (χ0v) is 20.5. The number of ether oxygens (including phenoxy) is 2. The van der Waals surface area contributed by atoms with E-state index in [2.05, 4.69) is 15.8 Å². The second kappa shape index (κ2) is 11.4. The van der Waals surface area contributed by atoms with E-state index in [4.69, 9.17) is 25.5 Å². The molecule has 0 saturated carbocycles. The average Bonchev–Trinajstić information content (AvgIpc) is 3.30. The molecule has 0 spiro atoms. The fraction of sp³-hybridized carbons (Fsp3) is 0.148. The number of amides is 2. The Bertz CT molecular complexity index is 1380. The summed E-state index contributed by atoms with van der Waals surface area (Å²) in [5.41, 5.74) is 5.36. The highest BCUT2D eigenvalue weighted by Gasteiger charge is 2.15. The fourth-order valence-corrected chi connectivity index (χ4v) is 3.63. The summed E-state index contributed by atoms with van der Waals surface area (Å²) in [6.07, 6.45) is 1.42. The number of rotatable bonds is 9. The first-order valence-corrected chi connectivity index (χ1v) is 11.6. The average molecular weight is 506 g/mol. The van der Waals surface area contributed by atoms with Gasteiger partial charge in [-0.1, -0.05) is 47.5 Å². The Morgan fingerprint density at radius 1 is 1.06 bits per heavy atom. The Kier molecular flexibility index (Phi) is 7.87. The lowest BCUT2D eigenvalue weighted by atomic mass is 10.2. The number of aryl methyl sites for hydroxylation is 1. The van der Waals surface area contributed by atoms with Gasteiger partial charge in [-0.05, 0) is 55.8 Å². The van der Waals surface area contributed by atoms with Gasteiger partial charge in [0.2, 0.25) is 0 Å². The molecular formula is C27H24ClN3O5. The first-order chi connectivity index (χ1) is 17.4. The van der Waals surface area contributed by atoms with Crippen molar-refractivity contribution in [2.24, 2.45) is 5.10 Å². The quantitative estimate of drug-likeness (QED) is 0.228. The van der Waals surface area contributed by atoms with Crippen LogP contribution in [0.15, 0.2) is 76.2 Å². The molecule has 3 aromatic carbocycles. The van der Waals surface area contributed by atoms with Gasteiger partial charge in [-0.2, -0.15) is 5.10 Å². The normalized spacial score (nSPS) is 11.0. The summed E-state index contributed by atoms with van der Waals surface area (Å²) in [7, 11) is 0. The Balaban J connectivity index is 1.40. The van der Waals surface area contributed by atoms with Crippen LogP contribution in [0.25, 0.3) is 11.0 Å². The molecule has 0 unspecified atom stereocenters. The first-order valence-electron chi connectivity index (χ1n) is 11.2. The molecule has 1 aromatic heterocycles. The zero-order chi connectivity index (χ0) is 25.5. The number of fused-ring (bicyclic) bond motifs is 1. The summed E-state index contributed by atoms with van der Waals surface area (Å²) in [4.78, 5) is 24.7. The lowest BCUT2D eigenvalue weighted by molar-refractivity contribution is -0.118. The van der Waals surface area contributed by atoms with Gasteiger partial charge >= 0.3 is 5.91 Å². The van der Waals surface area contributed by atoms with Crippen LogP contribution in [0.2, 0.25) is 5.02 Å². The van der Waals surface area contributed by atoms with Gasteiger partial charge in [-0.3, -0.25) is 9.59 Å². The molecule has 2 amide bonds. The maximum absolute atomic E-state index is 12.4. The molecule has 0 aliphatic heterocycles. The molecule has 0 aliphatic rings. The van der Waals surface area contributed by atoms with Crippen LogP contribution in [-0.4, -0.2) is 31.2 Å². The van der Waals surface area contributed by atoms with E-state index < -0.39 is 5.91 Å². The smallest absolute Gasteiger partial charge is 0.307 e. The van der Waals surface area contributed by atoms with Crippen molar-refractivity contribution in [2.75, 3.05) is 18.5 Å². The van der Waals surface area contributed by atoms with Crippen LogP contribution in [-0.2, 0) is 4.79 Å². The summed E-state index contributed by atoms with van der Waals surface area (Å²) in [6, 6.07) is 19.6. The second-order valence-corrected chi connectivity index (χ2v) is 8.22. The van der Waals surface area contributed by atoms with Crippen molar-refractivity contribution >= 4 is 46.3 Å². The molecule has 36 heavy (non-hydrogen) atoms. The summed E-state index contributed by atoms with van der Waals surface area (Å²) in [5.74, 6) is -0.0947. The van der Waals surface area contributed by atoms with Crippen LogP contribution in [0.3, 0.4) is 0 Å². The largest absolute Gasteiger partial charge is 0.490 e. The third-order valence-corrected chi connectivity index (χ3v) is 5.32. The maximum atomic E-state index is 12.4. The van der Waals surface area contributed by atoms with Gasteiger partial charge < -0.3 is 19.2 Å². The van der Waals surface area contributed by atoms with Crippen LogP contribution in [0.4, 0.5) is 5.69 Å². The highest BCUT2D eigenvalue weighted by Crippen LogP contribution is 2.36. The predicted molar refractivity (Wildman–Crippen MR) is 139 cm³/mol. The maximum Gasteiger partial charge on any atom is 0.307 e. The number of hydrogen-bond acceptors (Lipinski definition) is 6. The molecule has 9 heteroatoms. The molecule has 0 bridgehead atoms. The number of nitrogens with one attached hydrogen (secondary N) is 2. The summed E-state index contributed by atoms with van der Waals surface area (Å²) in [5, 5.41) is 7.80. The first kappa shape index (κ1) is 24.8. The van der Waals surface area contributed by atoms with Crippen LogP contribution in [0, 0.1) is 6.92 Å². The molecule has 0 radical (unpaired) electrons. The molecule has 2 N–H and O–H groups in total. The molecule has 0 saturated heterocycles. The summed E-state index contributed by atoms with van der Waals surface area (Å²) < 4.78 is 16.8. The van der Waals surface area contributed by atoms with Gasteiger partial charge in [0.05, 0.1) is 17.8 Å². The lowest BCUT2D eigenvalue weighted by Crippen LogP contribution is -2.20. The lowest BCUT2D eigenvalue weighted by Gasteiger charge is -2.14. The number of hydrogen-bond donors (Lipinski definition) is 2. The van der Waals surface area contributed by atoms with Crippen LogP contribution < -0.4 is 20.2 Å². The molecular weight excluding hydrogens is 482 g/mol. The number of benzene rings is 3. The van der Waals surface area contributed by atoms with E-state index in [-0.39, 0.29) is 29.0 Å². The van der Waals surface area contributed by atoms with Crippen LogP contribution >= 0.6 is 11.6 Å². The molecule has 4 aromatic rings.